The van der Waals surface area contributed by atoms with E-state index in [-0.39, 0.29) is 16.7 Å². The maximum absolute atomic E-state index is 11.5. The number of rotatable bonds is 10. The second-order valence-corrected chi connectivity index (χ2v) is 8.56. The number of nitrogens with two attached hydrogens (primary N) is 1. The maximum Gasteiger partial charge on any atom is 0.293 e. The summed E-state index contributed by atoms with van der Waals surface area (Å²) in [5.74, 6) is 0.818. The number of nitrogens with one attached hydrogen (secondary N) is 1. The van der Waals surface area contributed by atoms with Gasteiger partial charge in [0.15, 0.2) is 0 Å². The van der Waals surface area contributed by atoms with Gasteiger partial charge in [-0.1, -0.05) is 18.2 Å². The Labute approximate surface area is 179 Å². The van der Waals surface area contributed by atoms with E-state index < -0.39 is 0 Å². The molecule has 0 aliphatic carbocycles. The summed E-state index contributed by atoms with van der Waals surface area (Å²) in [6, 6.07) is 15.4. The van der Waals surface area contributed by atoms with Crippen LogP contribution in [0.2, 0.25) is 0 Å². The third-order valence-electron chi connectivity index (χ3n) is 4.75. The first-order valence-electron chi connectivity index (χ1n) is 9.55. The largest absolute Gasteiger partial charge is 0.379 e. The van der Waals surface area contributed by atoms with Crippen molar-refractivity contribution in [1.82, 2.24) is 4.90 Å². The molecule has 2 aromatic rings. The van der Waals surface area contributed by atoms with Crippen LogP contribution in [0, 0.1) is 10.1 Å². The number of benzene rings is 2. The van der Waals surface area contributed by atoms with E-state index >= 15 is 0 Å². The van der Waals surface area contributed by atoms with Crippen LogP contribution in [0.25, 0.3) is 0 Å². The minimum absolute atomic E-state index is 0.0570. The molecule has 0 aromatic heterocycles. The predicted molar refractivity (Wildman–Crippen MR) is 120 cm³/mol. The van der Waals surface area contributed by atoms with E-state index in [1.165, 1.54) is 11.0 Å². The van der Waals surface area contributed by atoms with Gasteiger partial charge >= 0.3 is 0 Å². The standard InChI is InChI=1S/C20H26N4O3S2/c21-29-18-6-7-19(20(14-18)24(25)26)22-16(8-9-23-10-12-27-13-11-23)15-28-17-4-2-1-3-5-17/h1-7,14,16,22H,8-13,15,21H2. The molecule has 1 unspecified atom stereocenters. The summed E-state index contributed by atoms with van der Waals surface area (Å²) in [5.41, 5.74) is 0.593. The number of morpholine rings is 1. The average molecular weight is 435 g/mol. The van der Waals surface area contributed by atoms with Crippen molar-refractivity contribution >= 4 is 35.1 Å². The third kappa shape index (κ3) is 6.90. The van der Waals surface area contributed by atoms with Crippen molar-refractivity contribution in [2.75, 3.05) is 43.9 Å². The van der Waals surface area contributed by atoms with Crippen LogP contribution < -0.4 is 10.5 Å². The van der Waals surface area contributed by atoms with Crippen LogP contribution >= 0.6 is 23.7 Å². The van der Waals surface area contributed by atoms with Crippen LogP contribution in [0.15, 0.2) is 58.3 Å². The summed E-state index contributed by atoms with van der Waals surface area (Å²) in [7, 11) is 0. The zero-order valence-corrected chi connectivity index (χ0v) is 17.8. The Balaban J connectivity index is 1.70. The van der Waals surface area contributed by atoms with E-state index in [1.807, 2.05) is 24.3 Å². The van der Waals surface area contributed by atoms with Crippen molar-refractivity contribution < 1.29 is 9.66 Å². The number of ether oxygens (including phenoxy) is 1. The van der Waals surface area contributed by atoms with Gasteiger partial charge in [0.25, 0.3) is 5.69 Å². The van der Waals surface area contributed by atoms with Gasteiger partial charge in [-0.25, -0.2) is 0 Å². The molecule has 0 spiro atoms. The van der Waals surface area contributed by atoms with Gasteiger partial charge in [0, 0.05) is 47.3 Å². The normalized spacial score (nSPS) is 15.8. The molecule has 0 amide bonds. The molecule has 1 heterocycles. The third-order valence-corrected chi connectivity index (χ3v) is 6.45. The lowest BCUT2D eigenvalue weighted by Gasteiger charge is -2.29. The Kier molecular flexibility index (Phi) is 8.63. The Morgan fingerprint density at radius 2 is 1.93 bits per heavy atom. The fourth-order valence-electron chi connectivity index (χ4n) is 3.15. The van der Waals surface area contributed by atoms with E-state index in [4.69, 9.17) is 9.88 Å². The van der Waals surface area contributed by atoms with Crippen LogP contribution in [0.5, 0.6) is 0 Å². The van der Waals surface area contributed by atoms with E-state index in [1.54, 1.807) is 17.8 Å². The summed E-state index contributed by atoms with van der Waals surface area (Å²) in [4.78, 5) is 15.4. The van der Waals surface area contributed by atoms with Gasteiger partial charge in [-0.05, 0) is 42.6 Å². The number of thioether (sulfide) groups is 1. The highest BCUT2D eigenvalue weighted by atomic mass is 32.2. The van der Waals surface area contributed by atoms with Gasteiger partial charge in [0.05, 0.1) is 18.1 Å². The predicted octanol–water partition coefficient (Wildman–Crippen LogP) is 3.86. The Morgan fingerprint density at radius 1 is 1.17 bits per heavy atom. The molecule has 156 valence electrons. The van der Waals surface area contributed by atoms with Gasteiger partial charge in [-0.3, -0.25) is 20.2 Å². The van der Waals surface area contributed by atoms with Crippen LogP contribution in [0.4, 0.5) is 11.4 Å². The highest BCUT2D eigenvalue weighted by Gasteiger charge is 2.20. The molecule has 1 aliphatic rings. The van der Waals surface area contributed by atoms with Crippen molar-refractivity contribution in [3.63, 3.8) is 0 Å². The molecule has 3 rings (SSSR count). The lowest BCUT2D eigenvalue weighted by molar-refractivity contribution is -0.384. The van der Waals surface area contributed by atoms with E-state index in [2.05, 4.69) is 22.3 Å². The molecule has 9 heteroatoms. The number of hydrogen-bond acceptors (Lipinski definition) is 8. The Bertz CT molecular complexity index is 789. The smallest absolute Gasteiger partial charge is 0.293 e. The minimum atomic E-state index is -0.356. The molecular weight excluding hydrogens is 408 g/mol. The fourth-order valence-corrected chi connectivity index (χ4v) is 4.47. The second-order valence-electron chi connectivity index (χ2n) is 6.76. The molecule has 1 aliphatic heterocycles. The number of nitro benzene ring substituents is 1. The topological polar surface area (TPSA) is 93.7 Å². The molecule has 1 fully saturated rings. The molecule has 0 radical (unpaired) electrons. The van der Waals surface area contributed by atoms with Crippen molar-refractivity contribution in [2.24, 2.45) is 5.14 Å². The first-order chi connectivity index (χ1) is 14.2. The quantitative estimate of drug-likeness (QED) is 0.252. The average Bonchev–Trinajstić information content (AvgIpc) is 2.77. The summed E-state index contributed by atoms with van der Waals surface area (Å²) in [6.45, 7) is 4.32. The monoisotopic (exact) mass is 434 g/mol. The molecule has 1 atom stereocenters. The molecule has 1 saturated heterocycles. The van der Waals surface area contributed by atoms with Gasteiger partial charge in [-0.15, -0.1) is 11.8 Å². The van der Waals surface area contributed by atoms with Gasteiger partial charge < -0.3 is 10.1 Å². The van der Waals surface area contributed by atoms with Crippen LogP contribution in [0.1, 0.15) is 6.42 Å². The van der Waals surface area contributed by atoms with Crippen LogP contribution in [-0.2, 0) is 4.74 Å². The number of nitro groups is 1. The molecular formula is C20H26N4O3S2. The van der Waals surface area contributed by atoms with Gasteiger partial charge in [0.2, 0.25) is 0 Å². The molecule has 2 aromatic carbocycles. The molecule has 29 heavy (non-hydrogen) atoms. The van der Waals surface area contributed by atoms with E-state index in [0.29, 0.717) is 10.6 Å². The number of nitrogens with zero attached hydrogens (tertiary/aromatic N) is 2. The number of anilines is 1. The SMILES string of the molecule is NSc1ccc(NC(CCN2CCOCC2)CSc2ccccc2)c([N+](=O)[O-])c1. The molecule has 7 nitrogen and oxygen atoms in total. The van der Waals surface area contributed by atoms with Gasteiger partial charge in [0.1, 0.15) is 5.69 Å². The Hall–Kier alpha value is -1.78. The highest BCUT2D eigenvalue weighted by Crippen LogP contribution is 2.30. The van der Waals surface area contributed by atoms with Gasteiger partial charge in [-0.2, -0.15) is 0 Å². The second kappa shape index (κ2) is 11.4. The molecule has 3 N–H and O–H groups in total. The zero-order chi connectivity index (χ0) is 20.5. The summed E-state index contributed by atoms with van der Waals surface area (Å²) >= 11 is 2.77. The Morgan fingerprint density at radius 3 is 2.62 bits per heavy atom. The van der Waals surface area contributed by atoms with E-state index in [9.17, 15) is 10.1 Å². The maximum atomic E-state index is 11.5. The van der Waals surface area contributed by atoms with Crippen molar-refractivity contribution in [2.45, 2.75) is 22.3 Å². The minimum Gasteiger partial charge on any atom is -0.379 e. The van der Waals surface area contributed by atoms with Crippen molar-refractivity contribution in [3.8, 4) is 0 Å². The lowest BCUT2D eigenvalue weighted by atomic mass is 10.2. The molecule has 0 saturated carbocycles. The summed E-state index contributed by atoms with van der Waals surface area (Å²) in [6.07, 6.45) is 0.893. The highest BCUT2D eigenvalue weighted by molar-refractivity contribution is 7.99. The first kappa shape index (κ1) is 21.9. The summed E-state index contributed by atoms with van der Waals surface area (Å²) in [5, 5.41) is 20.5. The fraction of sp³-hybridized carbons (Fsp3) is 0.400. The lowest BCUT2D eigenvalue weighted by Crippen LogP contribution is -2.39. The van der Waals surface area contributed by atoms with E-state index in [0.717, 1.165) is 57.0 Å². The van der Waals surface area contributed by atoms with Crippen molar-refractivity contribution in [3.05, 3.63) is 58.6 Å². The molecule has 0 bridgehead atoms. The zero-order valence-electron chi connectivity index (χ0n) is 16.2. The van der Waals surface area contributed by atoms with Crippen LogP contribution in [0.3, 0.4) is 0 Å². The first-order valence-corrected chi connectivity index (χ1v) is 11.4. The summed E-state index contributed by atoms with van der Waals surface area (Å²) < 4.78 is 5.42. The van der Waals surface area contributed by atoms with Crippen LogP contribution in [-0.4, -0.2) is 54.5 Å². The van der Waals surface area contributed by atoms with Crippen molar-refractivity contribution in [1.29, 1.82) is 0 Å². The number of hydrogen-bond donors (Lipinski definition) is 2.